The van der Waals surface area contributed by atoms with Crippen molar-refractivity contribution in [1.29, 1.82) is 0 Å². The van der Waals surface area contributed by atoms with Crippen molar-refractivity contribution < 1.29 is 9.72 Å². The van der Waals surface area contributed by atoms with Gasteiger partial charge in [-0.2, -0.15) is 0 Å². The number of aryl methyl sites for hydroxylation is 1. The van der Waals surface area contributed by atoms with Crippen LogP contribution in [0.15, 0.2) is 59.6 Å². The minimum Gasteiger partial charge on any atom is -0.318 e. The van der Waals surface area contributed by atoms with Crippen LogP contribution in [0.3, 0.4) is 0 Å². The van der Waals surface area contributed by atoms with E-state index in [0.717, 1.165) is 28.3 Å². The van der Waals surface area contributed by atoms with Crippen molar-refractivity contribution in [2.24, 2.45) is 4.99 Å². The lowest BCUT2D eigenvalue weighted by Gasteiger charge is -2.09. The second-order valence-corrected chi connectivity index (χ2v) is 6.30. The first-order valence-electron chi connectivity index (χ1n) is 8.45. The number of rotatable bonds is 5. The Bertz CT molecular complexity index is 1030. The third-order valence-electron chi connectivity index (χ3n) is 4.42. The highest BCUT2D eigenvalue weighted by Crippen LogP contribution is 2.23. The SMILES string of the molecule is CC(=O)c1ccc(N=Cc2cc(C)n(-c3ccc([N+](=O)[O-])cc3)c2C)cc1. The van der Waals surface area contributed by atoms with Gasteiger partial charge in [-0.1, -0.05) is 0 Å². The number of non-ortho nitro benzene ring substituents is 1. The van der Waals surface area contributed by atoms with Gasteiger partial charge >= 0.3 is 0 Å². The molecule has 0 unspecified atom stereocenters. The van der Waals surface area contributed by atoms with Crippen LogP contribution in [0.25, 0.3) is 5.69 Å². The maximum absolute atomic E-state index is 11.3. The lowest BCUT2D eigenvalue weighted by atomic mass is 10.1. The molecule has 0 N–H and O–H groups in total. The van der Waals surface area contributed by atoms with Crippen molar-refractivity contribution >= 4 is 23.4 Å². The number of hydrogen-bond donors (Lipinski definition) is 0. The zero-order valence-corrected chi connectivity index (χ0v) is 15.3. The maximum atomic E-state index is 11.3. The molecule has 0 fully saturated rings. The Kier molecular flexibility index (Phi) is 4.98. The summed E-state index contributed by atoms with van der Waals surface area (Å²) in [5.74, 6) is 0.0252. The number of nitrogens with zero attached hydrogens (tertiary/aromatic N) is 3. The molecule has 1 aromatic heterocycles. The van der Waals surface area contributed by atoms with Crippen molar-refractivity contribution in [2.45, 2.75) is 20.8 Å². The molecular formula is C21H19N3O3. The van der Waals surface area contributed by atoms with E-state index in [9.17, 15) is 14.9 Å². The van der Waals surface area contributed by atoms with Crippen molar-refractivity contribution in [1.82, 2.24) is 4.57 Å². The Morgan fingerprint density at radius 2 is 1.70 bits per heavy atom. The minimum atomic E-state index is -0.408. The molecule has 0 aliphatic rings. The third-order valence-corrected chi connectivity index (χ3v) is 4.42. The van der Waals surface area contributed by atoms with E-state index in [-0.39, 0.29) is 11.5 Å². The predicted octanol–water partition coefficient (Wildman–Crippen LogP) is 4.96. The molecule has 2 aromatic carbocycles. The average molecular weight is 361 g/mol. The van der Waals surface area contributed by atoms with Crippen LogP contribution in [0.5, 0.6) is 0 Å². The first-order chi connectivity index (χ1) is 12.9. The lowest BCUT2D eigenvalue weighted by molar-refractivity contribution is -0.384. The molecular weight excluding hydrogens is 342 g/mol. The molecule has 6 nitrogen and oxygen atoms in total. The topological polar surface area (TPSA) is 77.5 Å². The summed E-state index contributed by atoms with van der Waals surface area (Å²) in [6.07, 6.45) is 1.78. The molecule has 0 spiro atoms. The van der Waals surface area contributed by atoms with Crippen molar-refractivity contribution in [3.05, 3.63) is 87.2 Å². The van der Waals surface area contributed by atoms with E-state index < -0.39 is 4.92 Å². The molecule has 0 aliphatic carbocycles. The van der Waals surface area contributed by atoms with Gasteiger partial charge in [0.1, 0.15) is 0 Å². The number of ketones is 1. The van der Waals surface area contributed by atoms with Crippen molar-refractivity contribution in [3.8, 4) is 5.69 Å². The minimum absolute atomic E-state index is 0.0252. The first kappa shape index (κ1) is 18.3. The molecule has 27 heavy (non-hydrogen) atoms. The summed E-state index contributed by atoms with van der Waals surface area (Å²) < 4.78 is 2.03. The highest BCUT2D eigenvalue weighted by molar-refractivity contribution is 5.94. The molecule has 6 heteroatoms. The Hall–Kier alpha value is -3.54. The molecule has 1 heterocycles. The number of aromatic nitrogens is 1. The van der Waals surface area contributed by atoms with Crippen LogP contribution in [0, 0.1) is 24.0 Å². The summed E-state index contributed by atoms with van der Waals surface area (Å²) in [5.41, 5.74) is 5.31. The van der Waals surface area contributed by atoms with Crippen LogP contribution in [0.1, 0.15) is 34.2 Å². The highest BCUT2D eigenvalue weighted by Gasteiger charge is 2.11. The standard InChI is InChI=1S/C21H19N3O3/c1-14-12-18(13-22-19-6-4-17(5-7-19)16(3)25)15(2)23(14)20-8-10-21(11-9-20)24(26)27/h4-13H,1-3H3. The van der Waals surface area contributed by atoms with E-state index >= 15 is 0 Å². The molecule has 3 rings (SSSR count). The normalized spacial score (nSPS) is 11.1. The number of carbonyl (C=O) groups excluding carboxylic acids is 1. The van der Waals surface area contributed by atoms with Gasteiger partial charge in [0.05, 0.1) is 10.6 Å². The monoisotopic (exact) mass is 361 g/mol. The quantitative estimate of drug-likeness (QED) is 0.279. The lowest BCUT2D eigenvalue weighted by Crippen LogP contribution is -2.00. The van der Waals surface area contributed by atoms with E-state index in [1.165, 1.54) is 19.1 Å². The smallest absolute Gasteiger partial charge is 0.269 e. The largest absolute Gasteiger partial charge is 0.318 e. The highest BCUT2D eigenvalue weighted by atomic mass is 16.6. The van der Waals surface area contributed by atoms with Gasteiger partial charge in [0.15, 0.2) is 5.78 Å². The summed E-state index contributed by atoms with van der Waals surface area (Å²) in [5, 5.41) is 10.8. The summed E-state index contributed by atoms with van der Waals surface area (Å²) in [7, 11) is 0. The van der Waals surface area contributed by atoms with E-state index in [2.05, 4.69) is 4.99 Å². The molecule has 0 saturated heterocycles. The fraction of sp³-hybridized carbons (Fsp3) is 0.143. The molecule has 0 aliphatic heterocycles. The summed E-state index contributed by atoms with van der Waals surface area (Å²) in [4.78, 5) is 26.2. The second kappa shape index (κ2) is 7.37. The van der Waals surface area contributed by atoms with Gasteiger partial charge in [0, 0.05) is 46.5 Å². The number of nitro groups is 1. The molecule has 0 bridgehead atoms. The van der Waals surface area contributed by atoms with E-state index in [0.29, 0.717) is 5.56 Å². The Morgan fingerprint density at radius 1 is 1.07 bits per heavy atom. The van der Waals surface area contributed by atoms with Crippen LogP contribution in [-0.2, 0) is 0 Å². The van der Waals surface area contributed by atoms with E-state index in [1.807, 2.05) is 36.6 Å². The Labute approximate surface area is 156 Å². The van der Waals surface area contributed by atoms with Crippen molar-refractivity contribution in [3.63, 3.8) is 0 Å². The molecule has 0 radical (unpaired) electrons. The van der Waals surface area contributed by atoms with Crippen LogP contribution in [0.2, 0.25) is 0 Å². The second-order valence-electron chi connectivity index (χ2n) is 6.30. The van der Waals surface area contributed by atoms with Crippen LogP contribution >= 0.6 is 0 Å². The Balaban J connectivity index is 1.89. The zero-order chi connectivity index (χ0) is 19.6. The van der Waals surface area contributed by atoms with E-state index in [1.54, 1.807) is 30.5 Å². The zero-order valence-electron chi connectivity index (χ0n) is 15.3. The van der Waals surface area contributed by atoms with Gasteiger partial charge in [-0.25, -0.2) is 0 Å². The number of nitro benzene ring substituents is 1. The van der Waals surface area contributed by atoms with Gasteiger partial charge in [0.25, 0.3) is 5.69 Å². The third kappa shape index (κ3) is 3.84. The summed E-state index contributed by atoms with van der Waals surface area (Å²) >= 11 is 0. The fourth-order valence-electron chi connectivity index (χ4n) is 2.97. The summed E-state index contributed by atoms with van der Waals surface area (Å²) in [6.45, 7) is 5.49. The first-order valence-corrected chi connectivity index (χ1v) is 8.45. The molecule has 0 amide bonds. The molecule has 136 valence electrons. The molecule has 0 saturated carbocycles. The molecule has 0 atom stereocenters. The number of benzene rings is 2. The van der Waals surface area contributed by atoms with Gasteiger partial charge in [-0.3, -0.25) is 19.9 Å². The van der Waals surface area contributed by atoms with Gasteiger partial charge < -0.3 is 4.57 Å². The summed E-state index contributed by atoms with van der Waals surface area (Å²) in [6, 6.07) is 15.6. The van der Waals surface area contributed by atoms with Crippen molar-refractivity contribution in [2.75, 3.05) is 0 Å². The van der Waals surface area contributed by atoms with Gasteiger partial charge in [-0.05, 0) is 63.2 Å². The fourth-order valence-corrected chi connectivity index (χ4v) is 2.97. The predicted molar refractivity (Wildman–Crippen MR) is 106 cm³/mol. The number of carbonyl (C=O) groups is 1. The van der Waals surface area contributed by atoms with Gasteiger partial charge in [-0.15, -0.1) is 0 Å². The van der Waals surface area contributed by atoms with Crippen LogP contribution < -0.4 is 0 Å². The number of Topliss-reactive ketones (excluding diaryl/α,β-unsaturated/α-hetero) is 1. The Morgan fingerprint density at radius 3 is 2.26 bits per heavy atom. The van der Waals surface area contributed by atoms with Crippen LogP contribution in [0.4, 0.5) is 11.4 Å². The number of hydrogen-bond acceptors (Lipinski definition) is 4. The van der Waals surface area contributed by atoms with Gasteiger partial charge in [0.2, 0.25) is 0 Å². The van der Waals surface area contributed by atoms with E-state index in [4.69, 9.17) is 0 Å². The average Bonchev–Trinajstić information content (AvgIpc) is 2.94. The van der Waals surface area contributed by atoms with Crippen LogP contribution in [-0.4, -0.2) is 21.5 Å². The molecule has 3 aromatic rings. The number of aliphatic imine (C=N–C) groups is 1. The maximum Gasteiger partial charge on any atom is 0.269 e.